The van der Waals surface area contributed by atoms with Crippen LogP contribution in [0.15, 0.2) is 22.6 Å². The number of methoxy groups -OCH3 is 1. The Morgan fingerprint density at radius 1 is 1.36 bits per heavy atom. The van der Waals surface area contributed by atoms with Crippen LogP contribution in [0.1, 0.15) is 0 Å². The molecule has 0 N–H and O–H groups in total. The first-order chi connectivity index (χ1) is 6.70. The van der Waals surface area contributed by atoms with Crippen molar-refractivity contribution < 1.29 is 9.15 Å². The van der Waals surface area contributed by atoms with Crippen LogP contribution in [0, 0.1) is 0 Å². The smallest absolute Gasteiger partial charge is 0.297 e. The number of rotatable bonds is 2. The summed E-state index contributed by atoms with van der Waals surface area (Å²) in [6, 6.07) is 6.18. The summed E-state index contributed by atoms with van der Waals surface area (Å²) >= 11 is 0. The van der Waals surface area contributed by atoms with Gasteiger partial charge in [0, 0.05) is 20.2 Å². The fourth-order valence-electron chi connectivity index (χ4n) is 1.21. The Morgan fingerprint density at radius 3 is 2.79 bits per heavy atom. The van der Waals surface area contributed by atoms with E-state index in [1.807, 2.05) is 37.2 Å². The molecule has 0 saturated heterocycles. The number of benzene rings is 1. The van der Waals surface area contributed by atoms with Crippen molar-refractivity contribution in [2.24, 2.45) is 0 Å². The van der Waals surface area contributed by atoms with E-state index < -0.39 is 0 Å². The Morgan fingerprint density at radius 2 is 2.14 bits per heavy atom. The molecule has 74 valence electrons. The molecule has 0 atom stereocenters. The highest BCUT2D eigenvalue weighted by molar-refractivity contribution is 5.76. The fraction of sp³-hybridized carbons (Fsp3) is 0.300. The van der Waals surface area contributed by atoms with E-state index in [1.54, 1.807) is 7.11 Å². The number of anilines is 1. The van der Waals surface area contributed by atoms with Gasteiger partial charge in [0.2, 0.25) is 0 Å². The average Bonchev–Trinajstić information content (AvgIpc) is 2.59. The van der Waals surface area contributed by atoms with E-state index in [-0.39, 0.29) is 0 Å². The lowest BCUT2D eigenvalue weighted by Gasteiger charge is -2.03. The highest BCUT2D eigenvalue weighted by atomic mass is 16.5. The van der Waals surface area contributed by atoms with Gasteiger partial charge < -0.3 is 14.1 Å². The van der Waals surface area contributed by atoms with Crippen molar-refractivity contribution in [3.8, 4) is 5.75 Å². The second-order valence-electron chi connectivity index (χ2n) is 3.22. The van der Waals surface area contributed by atoms with Gasteiger partial charge in [-0.15, -0.1) is 0 Å². The molecule has 2 rings (SSSR count). The Bertz CT molecular complexity index is 448. The molecule has 4 heteroatoms. The van der Waals surface area contributed by atoms with Gasteiger partial charge in [0.1, 0.15) is 11.3 Å². The first-order valence-electron chi connectivity index (χ1n) is 4.32. The van der Waals surface area contributed by atoms with Crippen molar-refractivity contribution in [2.75, 3.05) is 26.1 Å². The van der Waals surface area contributed by atoms with Crippen molar-refractivity contribution in [2.45, 2.75) is 0 Å². The first kappa shape index (κ1) is 8.87. The largest absolute Gasteiger partial charge is 0.497 e. The molecule has 0 fully saturated rings. The molecule has 0 aliphatic heterocycles. The summed E-state index contributed by atoms with van der Waals surface area (Å²) in [5, 5.41) is 0. The summed E-state index contributed by atoms with van der Waals surface area (Å²) in [5.41, 5.74) is 1.59. The van der Waals surface area contributed by atoms with E-state index in [2.05, 4.69) is 4.98 Å². The maximum absolute atomic E-state index is 5.51. The normalized spacial score (nSPS) is 10.5. The summed E-state index contributed by atoms with van der Waals surface area (Å²) in [6.07, 6.45) is 0. The Labute approximate surface area is 82.1 Å². The molecular formula is C10H12N2O2. The minimum Gasteiger partial charge on any atom is -0.497 e. The van der Waals surface area contributed by atoms with Crippen molar-refractivity contribution in [3.05, 3.63) is 18.2 Å². The third-order valence-electron chi connectivity index (χ3n) is 1.97. The lowest BCUT2D eigenvalue weighted by molar-refractivity contribution is 0.414. The fourth-order valence-corrected chi connectivity index (χ4v) is 1.21. The van der Waals surface area contributed by atoms with E-state index in [4.69, 9.17) is 9.15 Å². The summed E-state index contributed by atoms with van der Waals surface area (Å²) in [5.74, 6) is 0.777. The molecule has 1 heterocycles. The van der Waals surface area contributed by atoms with Crippen molar-refractivity contribution in [1.29, 1.82) is 0 Å². The van der Waals surface area contributed by atoms with Crippen LogP contribution in [0.5, 0.6) is 5.75 Å². The number of fused-ring (bicyclic) bond motifs is 1. The minimum atomic E-state index is 0.605. The number of hydrogen-bond acceptors (Lipinski definition) is 4. The quantitative estimate of drug-likeness (QED) is 0.728. The zero-order valence-electron chi connectivity index (χ0n) is 8.44. The number of nitrogens with zero attached hydrogens (tertiary/aromatic N) is 2. The van der Waals surface area contributed by atoms with Crippen LogP contribution in [0.2, 0.25) is 0 Å². The van der Waals surface area contributed by atoms with Crippen LogP contribution in [-0.4, -0.2) is 26.2 Å². The van der Waals surface area contributed by atoms with Gasteiger partial charge in [0.25, 0.3) is 6.01 Å². The second-order valence-corrected chi connectivity index (χ2v) is 3.22. The molecule has 0 unspecified atom stereocenters. The summed E-state index contributed by atoms with van der Waals surface area (Å²) in [7, 11) is 5.41. The van der Waals surface area contributed by atoms with E-state index in [0.29, 0.717) is 6.01 Å². The second kappa shape index (κ2) is 3.21. The predicted octanol–water partition coefficient (Wildman–Crippen LogP) is 1.90. The third-order valence-corrected chi connectivity index (χ3v) is 1.97. The summed E-state index contributed by atoms with van der Waals surface area (Å²) in [6.45, 7) is 0. The molecule has 0 saturated carbocycles. The highest BCUT2D eigenvalue weighted by Gasteiger charge is 2.07. The maximum Gasteiger partial charge on any atom is 0.297 e. The van der Waals surface area contributed by atoms with Crippen LogP contribution >= 0.6 is 0 Å². The molecule has 4 nitrogen and oxygen atoms in total. The van der Waals surface area contributed by atoms with E-state index in [1.165, 1.54) is 0 Å². The summed E-state index contributed by atoms with van der Waals surface area (Å²) < 4.78 is 10.6. The molecule has 0 bridgehead atoms. The first-order valence-corrected chi connectivity index (χ1v) is 4.32. The standard InChI is InChI=1S/C10H12N2O2/c1-12(2)10-11-8-5-4-7(13-3)6-9(8)14-10/h4-6H,1-3H3. The molecule has 1 aromatic carbocycles. The number of oxazole rings is 1. The van der Waals surface area contributed by atoms with E-state index in [9.17, 15) is 0 Å². The van der Waals surface area contributed by atoms with E-state index in [0.717, 1.165) is 16.8 Å². The number of hydrogen-bond donors (Lipinski definition) is 0. The maximum atomic E-state index is 5.51. The molecule has 14 heavy (non-hydrogen) atoms. The van der Waals surface area contributed by atoms with Crippen LogP contribution in [-0.2, 0) is 0 Å². The molecule has 0 spiro atoms. The molecule has 1 aromatic heterocycles. The monoisotopic (exact) mass is 192 g/mol. The SMILES string of the molecule is COc1ccc2nc(N(C)C)oc2c1. The van der Waals surface area contributed by atoms with Gasteiger partial charge >= 0.3 is 0 Å². The highest BCUT2D eigenvalue weighted by Crippen LogP contribution is 2.24. The van der Waals surface area contributed by atoms with Crippen LogP contribution < -0.4 is 9.64 Å². The lowest BCUT2D eigenvalue weighted by atomic mass is 10.3. The van der Waals surface area contributed by atoms with E-state index >= 15 is 0 Å². The van der Waals surface area contributed by atoms with Crippen molar-refractivity contribution in [1.82, 2.24) is 4.98 Å². The molecule has 2 aromatic rings. The van der Waals surface area contributed by atoms with Gasteiger partial charge in [-0.2, -0.15) is 4.98 Å². The zero-order valence-corrected chi connectivity index (χ0v) is 8.44. The van der Waals surface area contributed by atoms with Crippen LogP contribution in [0.25, 0.3) is 11.1 Å². The van der Waals surface area contributed by atoms with Crippen molar-refractivity contribution in [3.63, 3.8) is 0 Å². The molecule has 0 aliphatic rings. The predicted molar refractivity (Wildman–Crippen MR) is 54.9 cm³/mol. The van der Waals surface area contributed by atoms with Gasteiger partial charge in [-0.05, 0) is 12.1 Å². The Hall–Kier alpha value is -1.71. The van der Waals surface area contributed by atoms with Crippen molar-refractivity contribution >= 4 is 17.1 Å². The zero-order chi connectivity index (χ0) is 10.1. The minimum absolute atomic E-state index is 0.605. The van der Waals surface area contributed by atoms with Gasteiger partial charge in [0.15, 0.2) is 5.58 Å². The van der Waals surface area contributed by atoms with Crippen LogP contribution in [0.3, 0.4) is 0 Å². The van der Waals surface area contributed by atoms with Gasteiger partial charge in [-0.1, -0.05) is 0 Å². The lowest BCUT2D eigenvalue weighted by Crippen LogP contribution is -2.08. The average molecular weight is 192 g/mol. The Kier molecular flexibility index (Phi) is 2.04. The third kappa shape index (κ3) is 1.39. The molecule has 0 amide bonds. The summed E-state index contributed by atoms with van der Waals surface area (Å²) in [4.78, 5) is 6.12. The van der Waals surface area contributed by atoms with Gasteiger partial charge in [-0.3, -0.25) is 0 Å². The van der Waals surface area contributed by atoms with Crippen LogP contribution in [0.4, 0.5) is 6.01 Å². The number of ether oxygens (including phenoxy) is 1. The van der Waals surface area contributed by atoms with Gasteiger partial charge in [0.05, 0.1) is 7.11 Å². The molecule has 0 aliphatic carbocycles. The molecule has 0 radical (unpaired) electrons. The topological polar surface area (TPSA) is 38.5 Å². The molecular weight excluding hydrogens is 180 g/mol. The number of aromatic nitrogens is 1. The van der Waals surface area contributed by atoms with Gasteiger partial charge in [-0.25, -0.2) is 0 Å². The Balaban J connectivity index is 2.54.